The Hall–Kier alpha value is -4.63. The normalized spacial score (nSPS) is 12.6. The number of nitrogens with two attached hydrogens (primary N) is 2. The highest BCUT2D eigenvalue weighted by Crippen LogP contribution is 2.11. The second-order valence-electron chi connectivity index (χ2n) is 9.81. The van der Waals surface area contributed by atoms with E-state index in [1.54, 1.807) is 42.5 Å². The van der Waals surface area contributed by atoms with Crippen LogP contribution in [-0.2, 0) is 41.6 Å². The van der Waals surface area contributed by atoms with Crippen LogP contribution >= 0.6 is 11.8 Å². The molecule has 0 saturated carbocycles. The van der Waals surface area contributed by atoms with Gasteiger partial charge in [-0.3, -0.25) is 28.8 Å². The molecule has 0 aliphatic heterocycles. The molecule has 3 atom stereocenters. The van der Waals surface area contributed by atoms with Gasteiger partial charge in [0, 0.05) is 6.42 Å². The first-order chi connectivity index (χ1) is 21.0. The zero-order valence-electron chi connectivity index (χ0n) is 24.3. The minimum atomic E-state index is -1.10. The topological polar surface area (TPSA) is 235 Å². The number of primary amides is 1. The van der Waals surface area contributed by atoms with Crippen molar-refractivity contribution in [2.24, 2.45) is 11.5 Å². The number of aromatic hydroxyl groups is 1. The van der Waals surface area contributed by atoms with Crippen molar-refractivity contribution >= 4 is 47.2 Å². The summed E-state index contributed by atoms with van der Waals surface area (Å²) in [6.07, 6.45) is 2.39. The van der Waals surface area contributed by atoms with Crippen LogP contribution in [-0.4, -0.2) is 90.3 Å². The molecule has 0 aliphatic rings. The van der Waals surface area contributed by atoms with Crippen LogP contribution in [0.25, 0.3) is 0 Å². The largest absolute Gasteiger partial charge is 0.508 e. The second kappa shape index (κ2) is 18.8. The Balaban J connectivity index is 1.94. The quantitative estimate of drug-likeness (QED) is 0.0915. The van der Waals surface area contributed by atoms with E-state index in [-0.39, 0.29) is 31.6 Å². The number of rotatable bonds is 18. The number of benzene rings is 2. The maximum atomic E-state index is 13.3. The summed E-state index contributed by atoms with van der Waals surface area (Å²) in [6.45, 7) is -1.30. The number of phenols is 1. The van der Waals surface area contributed by atoms with Crippen LogP contribution in [0.4, 0.5) is 0 Å². The lowest BCUT2D eigenvalue weighted by molar-refractivity contribution is -0.132. The van der Waals surface area contributed by atoms with Crippen molar-refractivity contribution in [3.63, 3.8) is 0 Å². The number of carbonyl (C=O) groups is 6. The molecule has 15 heteroatoms. The molecular formula is C29H39N7O7S. The zero-order chi connectivity index (χ0) is 32.5. The fraction of sp³-hybridized carbons (Fsp3) is 0.379. The van der Waals surface area contributed by atoms with Gasteiger partial charge in [-0.2, -0.15) is 11.8 Å². The van der Waals surface area contributed by atoms with Crippen molar-refractivity contribution in [3.05, 3.63) is 65.7 Å². The van der Waals surface area contributed by atoms with Crippen LogP contribution in [0, 0.1) is 0 Å². The van der Waals surface area contributed by atoms with Gasteiger partial charge in [-0.25, -0.2) is 0 Å². The van der Waals surface area contributed by atoms with E-state index in [2.05, 4.69) is 26.6 Å². The third kappa shape index (κ3) is 13.6. The van der Waals surface area contributed by atoms with Crippen LogP contribution in [0.15, 0.2) is 54.6 Å². The van der Waals surface area contributed by atoms with Crippen molar-refractivity contribution in [3.8, 4) is 5.75 Å². The summed E-state index contributed by atoms with van der Waals surface area (Å²) in [7, 11) is 0. The van der Waals surface area contributed by atoms with Gasteiger partial charge in [-0.05, 0) is 48.1 Å². The summed E-state index contributed by atoms with van der Waals surface area (Å²) in [6, 6.07) is 12.1. The molecule has 0 saturated heterocycles. The van der Waals surface area contributed by atoms with Crippen molar-refractivity contribution in [1.29, 1.82) is 0 Å². The van der Waals surface area contributed by atoms with Gasteiger partial charge < -0.3 is 43.2 Å². The molecule has 0 bridgehead atoms. The molecule has 0 aromatic heterocycles. The summed E-state index contributed by atoms with van der Waals surface area (Å²) in [4.78, 5) is 74.2. The molecule has 0 fully saturated rings. The maximum Gasteiger partial charge on any atom is 0.243 e. The Labute approximate surface area is 259 Å². The van der Waals surface area contributed by atoms with Gasteiger partial charge in [0.05, 0.1) is 25.7 Å². The average molecular weight is 630 g/mol. The van der Waals surface area contributed by atoms with Crippen molar-refractivity contribution in [2.45, 2.75) is 37.4 Å². The molecule has 0 aliphatic carbocycles. The van der Waals surface area contributed by atoms with Crippen LogP contribution in [0.5, 0.6) is 5.75 Å². The van der Waals surface area contributed by atoms with Crippen molar-refractivity contribution < 1.29 is 33.9 Å². The Morgan fingerprint density at radius 2 is 1.34 bits per heavy atom. The van der Waals surface area contributed by atoms with Crippen LogP contribution < -0.4 is 38.1 Å². The fourth-order valence-electron chi connectivity index (χ4n) is 3.90. The minimum Gasteiger partial charge on any atom is -0.508 e. The van der Waals surface area contributed by atoms with Gasteiger partial charge in [0.25, 0.3) is 0 Å². The van der Waals surface area contributed by atoms with Gasteiger partial charge in [-0.15, -0.1) is 0 Å². The van der Waals surface area contributed by atoms with Gasteiger partial charge >= 0.3 is 0 Å². The molecule has 44 heavy (non-hydrogen) atoms. The summed E-state index contributed by atoms with van der Waals surface area (Å²) < 4.78 is 0. The first-order valence-corrected chi connectivity index (χ1v) is 15.1. The summed E-state index contributed by atoms with van der Waals surface area (Å²) in [5.41, 5.74) is 12.5. The molecule has 14 nitrogen and oxygen atoms in total. The van der Waals surface area contributed by atoms with E-state index in [4.69, 9.17) is 11.5 Å². The first-order valence-electron chi connectivity index (χ1n) is 13.7. The number of nitrogens with one attached hydrogen (secondary N) is 5. The number of thioether (sulfide) groups is 1. The lowest BCUT2D eigenvalue weighted by Gasteiger charge is -2.23. The summed E-state index contributed by atoms with van der Waals surface area (Å²) in [5, 5.41) is 21.7. The van der Waals surface area contributed by atoms with E-state index in [0.29, 0.717) is 5.75 Å². The zero-order valence-corrected chi connectivity index (χ0v) is 25.2. The highest BCUT2D eigenvalue weighted by Gasteiger charge is 2.27. The molecule has 0 heterocycles. The SMILES string of the molecule is CSCC[C@H](NC(=O)[C@H](Cc1ccccc1)NC(=O)CNC(=O)CNC(=O)[C@@H](N)Cc1ccc(O)cc1)C(=O)NCC(N)=O. The fourth-order valence-corrected chi connectivity index (χ4v) is 4.37. The molecule has 2 aromatic carbocycles. The highest BCUT2D eigenvalue weighted by atomic mass is 32.2. The molecule has 10 N–H and O–H groups in total. The first kappa shape index (κ1) is 35.6. The van der Waals surface area contributed by atoms with Gasteiger partial charge in [0.1, 0.15) is 17.8 Å². The van der Waals surface area contributed by atoms with E-state index >= 15 is 0 Å². The summed E-state index contributed by atoms with van der Waals surface area (Å²) in [5.74, 6) is -3.25. The van der Waals surface area contributed by atoms with E-state index < -0.39 is 66.7 Å². The average Bonchev–Trinajstić information content (AvgIpc) is 3.00. The number of phenolic OH excluding ortho intramolecular Hbond substituents is 1. The van der Waals surface area contributed by atoms with Gasteiger partial charge in [0.15, 0.2) is 0 Å². The molecule has 2 aromatic rings. The highest BCUT2D eigenvalue weighted by molar-refractivity contribution is 7.98. The molecule has 6 amide bonds. The Bertz CT molecular complexity index is 1280. The van der Waals surface area contributed by atoms with Crippen molar-refractivity contribution in [2.75, 3.05) is 31.6 Å². The predicted octanol–water partition coefficient (Wildman–Crippen LogP) is -1.94. The van der Waals surface area contributed by atoms with Gasteiger partial charge in [-0.1, -0.05) is 42.5 Å². The van der Waals surface area contributed by atoms with E-state index in [9.17, 15) is 33.9 Å². The molecule has 238 valence electrons. The Kier molecular flexibility index (Phi) is 15.2. The number of amides is 6. The third-order valence-corrected chi connectivity index (χ3v) is 6.86. The van der Waals surface area contributed by atoms with Crippen LogP contribution in [0.2, 0.25) is 0 Å². The lowest BCUT2D eigenvalue weighted by Crippen LogP contribution is -2.56. The van der Waals surface area contributed by atoms with E-state index in [1.807, 2.05) is 6.26 Å². The van der Waals surface area contributed by atoms with Crippen molar-refractivity contribution in [1.82, 2.24) is 26.6 Å². The Morgan fingerprint density at radius 3 is 1.98 bits per heavy atom. The molecule has 0 spiro atoms. The lowest BCUT2D eigenvalue weighted by atomic mass is 10.0. The van der Waals surface area contributed by atoms with Gasteiger partial charge in [0.2, 0.25) is 35.4 Å². The predicted molar refractivity (Wildman–Crippen MR) is 165 cm³/mol. The monoisotopic (exact) mass is 629 g/mol. The molecule has 0 unspecified atom stereocenters. The Morgan fingerprint density at radius 1 is 0.727 bits per heavy atom. The van der Waals surface area contributed by atoms with Crippen LogP contribution in [0.3, 0.4) is 0 Å². The number of carbonyl (C=O) groups excluding carboxylic acids is 6. The molecular weight excluding hydrogens is 590 g/mol. The smallest absolute Gasteiger partial charge is 0.243 e. The van der Waals surface area contributed by atoms with E-state index in [1.165, 1.54) is 23.9 Å². The second-order valence-corrected chi connectivity index (χ2v) is 10.8. The molecule has 0 radical (unpaired) electrons. The summed E-state index contributed by atoms with van der Waals surface area (Å²) >= 11 is 1.46. The molecule has 2 rings (SSSR count). The standard InChI is InChI=1S/C29H39N7O7S/c1-44-12-11-22(28(42)33-15-24(31)38)36-29(43)23(14-18-5-3-2-4-6-18)35-26(40)17-32-25(39)16-34-27(41)21(30)13-19-7-9-20(37)10-8-19/h2-10,21-23,37H,11-17,30H2,1H3,(H2,31,38)(H,32,39)(H,33,42)(H,34,41)(H,35,40)(H,36,43)/t21-,22-,23-/m0/s1. The number of hydrogen-bond acceptors (Lipinski definition) is 9. The third-order valence-electron chi connectivity index (χ3n) is 6.21. The number of hydrogen-bond donors (Lipinski definition) is 8. The van der Waals surface area contributed by atoms with E-state index in [0.717, 1.165) is 11.1 Å². The van der Waals surface area contributed by atoms with Crippen LogP contribution in [0.1, 0.15) is 17.5 Å². The minimum absolute atomic E-state index is 0.0827. The maximum absolute atomic E-state index is 13.3.